The van der Waals surface area contributed by atoms with Crippen molar-refractivity contribution < 1.29 is 9.53 Å². The Kier molecular flexibility index (Phi) is 3.53. The van der Waals surface area contributed by atoms with Crippen molar-refractivity contribution in [3.63, 3.8) is 0 Å². The number of hydrogen-bond donors (Lipinski definition) is 1. The Morgan fingerprint density at radius 1 is 1.37 bits per heavy atom. The summed E-state index contributed by atoms with van der Waals surface area (Å²) >= 11 is 0. The van der Waals surface area contributed by atoms with Gasteiger partial charge in [-0.15, -0.1) is 0 Å². The van der Waals surface area contributed by atoms with Gasteiger partial charge in [-0.3, -0.25) is 4.79 Å². The quantitative estimate of drug-likeness (QED) is 0.845. The van der Waals surface area contributed by atoms with Crippen molar-refractivity contribution in [1.82, 2.24) is 5.32 Å². The number of benzene rings is 1. The molecule has 0 saturated heterocycles. The first-order valence-electron chi connectivity index (χ1n) is 6.98. The molecule has 2 aliphatic rings. The van der Waals surface area contributed by atoms with Crippen molar-refractivity contribution in [2.45, 2.75) is 31.7 Å². The van der Waals surface area contributed by atoms with E-state index >= 15 is 0 Å². The Hall–Kier alpha value is -1.77. The highest BCUT2D eigenvalue weighted by Gasteiger charge is 2.22. The third-order valence-electron chi connectivity index (χ3n) is 3.80. The van der Waals surface area contributed by atoms with E-state index in [-0.39, 0.29) is 11.9 Å². The average molecular weight is 257 g/mol. The lowest BCUT2D eigenvalue weighted by atomic mass is 10.0. The summed E-state index contributed by atoms with van der Waals surface area (Å²) in [6, 6.07) is 8.14. The standard InChI is InChI=1S/C16H19NO2/c18-16(9-12-5-1-2-6-12)17-14-10-13-7-3-4-8-15(13)19-11-14/h1,3-5,7-8,12,14H,2,6,9-11H2,(H,17,18)/t12-,14-/m0/s1. The van der Waals surface area contributed by atoms with Crippen molar-refractivity contribution in [3.05, 3.63) is 42.0 Å². The van der Waals surface area contributed by atoms with E-state index in [1.165, 1.54) is 5.56 Å². The first-order chi connectivity index (χ1) is 9.31. The number of rotatable bonds is 3. The second-order valence-electron chi connectivity index (χ2n) is 5.36. The predicted octanol–water partition coefficient (Wildman–Crippen LogP) is 2.46. The SMILES string of the molecule is O=C(C[C@H]1C=CCC1)N[C@@H]1COc2ccccc2C1. The molecule has 0 radical (unpaired) electrons. The largest absolute Gasteiger partial charge is 0.491 e. The molecule has 0 bridgehead atoms. The lowest BCUT2D eigenvalue weighted by Crippen LogP contribution is -2.43. The van der Waals surface area contributed by atoms with Crippen molar-refractivity contribution in [3.8, 4) is 5.75 Å². The van der Waals surface area contributed by atoms with Crippen LogP contribution in [0.4, 0.5) is 0 Å². The van der Waals surface area contributed by atoms with E-state index in [1.807, 2.05) is 18.2 Å². The summed E-state index contributed by atoms with van der Waals surface area (Å²) in [5.41, 5.74) is 1.18. The van der Waals surface area contributed by atoms with E-state index in [9.17, 15) is 4.79 Å². The van der Waals surface area contributed by atoms with Gasteiger partial charge in [0, 0.05) is 6.42 Å². The van der Waals surface area contributed by atoms with Gasteiger partial charge in [0.1, 0.15) is 12.4 Å². The van der Waals surface area contributed by atoms with Gasteiger partial charge < -0.3 is 10.1 Å². The molecule has 100 valence electrons. The van der Waals surface area contributed by atoms with Gasteiger partial charge in [0.25, 0.3) is 0 Å². The van der Waals surface area contributed by atoms with E-state index in [0.717, 1.165) is 25.0 Å². The fourth-order valence-electron chi connectivity index (χ4n) is 2.81. The molecular weight excluding hydrogens is 238 g/mol. The molecule has 0 aromatic heterocycles. The van der Waals surface area contributed by atoms with Crippen LogP contribution in [0.1, 0.15) is 24.8 Å². The van der Waals surface area contributed by atoms with Gasteiger partial charge in [-0.1, -0.05) is 30.4 Å². The number of hydrogen-bond acceptors (Lipinski definition) is 2. The van der Waals surface area contributed by atoms with Crippen LogP contribution < -0.4 is 10.1 Å². The van der Waals surface area contributed by atoms with E-state index < -0.39 is 0 Å². The molecule has 1 heterocycles. The number of amides is 1. The van der Waals surface area contributed by atoms with Crippen LogP contribution in [-0.2, 0) is 11.2 Å². The molecule has 0 spiro atoms. The molecule has 1 aliphatic carbocycles. The second kappa shape index (κ2) is 5.47. The molecule has 1 amide bonds. The number of allylic oxidation sites excluding steroid dienone is 2. The van der Waals surface area contributed by atoms with Crippen molar-refractivity contribution in [2.75, 3.05) is 6.61 Å². The minimum atomic E-state index is 0.104. The number of ether oxygens (including phenoxy) is 1. The van der Waals surface area contributed by atoms with Gasteiger partial charge in [-0.05, 0) is 36.8 Å². The van der Waals surface area contributed by atoms with Crippen LogP contribution in [0, 0.1) is 5.92 Å². The fraction of sp³-hybridized carbons (Fsp3) is 0.438. The van der Waals surface area contributed by atoms with Crippen LogP contribution in [-0.4, -0.2) is 18.6 Å². The summed E-state index contributed by atoms with van der Waals surface area (Å²) in [6.07, 6.45) is 8.01. The van der Waals surface area contributed by atoms with E-state index in [0.29, 0.717) is 18.9 Å². The minimum absolute atomic E-state index is 0.104. The second-order valence-corrected chi connectivity index (χ2v) is 5.36. The molecule has 1 aromatic carbocycles. The summed E-state index contributed by atoms with van der Waals surface area (Å²) in [5, 5.41) is 3.09. The topological polar surface area (TPSA) is 38.3 Å². The maximum Gasteiger partial charge on any atom is 0.220 e. The van der Waals surface area contributed by atoms with Crippen molar-refractivity contribution >= 4 is 5.91 Å². The number of nitrogens with one attached hydrogen (secondary N) is 1. The monoisotopic (exact) mass is 257 g/mol. The minimum Gasteiger partial charge on any atom is -0.491 e. The summed E-state index contributed by atoms with van der Waals surface area (Å²) in [5.74, 6) is 1.52. The highest BCUT2D eigenvalue weighted by molar-refractivity contribution is 5.77. The Labute approximate surface area is 113 Å². The highest BCUT2D eigenvalue weighted by Crippen LogP contribution is 2.24. The molecule has 0 saturated carbocycles. The Bertz CT molecular complexity index is 495. The Balaban J connectivity index is 1.54. The van der Waals surface area contributed by atoms with Crippen LogP contribution in [0.3, 0.4) is 0 Å². The molecule has 3 nitrogen and oxygen atoms in total. The zero-order chi connectivity index (χ0) is 13.1. The first-order valence-corrected chi connectivity index (χ1v) is 6.98. The van der Waals surface area contributed by atoms with Gasteiger partial charge in [-0.2, -0.15) is 0 Å². The van der Waals surface area contributed by atoms with Crippen LogP contribution in [0.5, 0.6) is 5.75 Å². The number of para-hydroxylation sites is 1. The lowest BCUT2D eigenvalue weighted by Gasteiger charge is -2.26. The predicted molar refractivity (Wildman–Crippen MR) is 74.1 cm³/mol. The molecule has 0 unspecified atom stereocenters. The van der Waals surface area contributed by atoms with E-state index in [2.05, 4.69) is 23.5 Å². The summed E-state index contributed by atoms with van der Waals surface area (Å²) in [7, 11) is 0. The Morgan fingerprint density at radius 2 is 2.26 bits per heavy atom. The molecule has 2 atom stereocenters. The van der Waals surface area contributed by atoms with Gasteiger partial charge in [0.05, 0.1) is 6.04 Å². The zero-order valence-electron chi connectivity index (χ0n) is 11.0. The maximum atomic E-state index is 12.0. The number of carbonyl (C=O) groups excluding carboxylic acids is 1. The van der Waals surface area contributed by atoms with Crippen LogP contribution in [0.25, 0.3) is 0 Å². The molecular formula is C16H19NO2. The first kappa shape index (κ1) is 12.3. The molecule has 1 aliphatic heterocycles. The summed E-state index contributed by atoms with van der Waals surface area (Å²) in [6.45, 7) is 0.573. The molecule has 0 fully saturated rings. The van der Waals surface area contributed by atoms with E-state index in [1.54, 1.807) is 0 Å². The van der Waals surface area contributed by atoms with Crippen LogP contribution >= 0.6 is 0 Å². The van der Waals surface area contributed by atoms with Crippen LogP contribution in [0.15, 0.2) is 36.4 Å². The third-order valence-corrected chi connectivity index (χ3v) is 3.80. The smallest absolute Gasteiger partial charge is 0.220 e. The third kappa shape index (κ3) is 2.98. The fourth-order valence-corrected chi connectivity index (χ4v) is 2.81. The molecule has 1 aromatic rings. The molecule has 1 N–H and O–H groups in total. The highest BCUT2D eigenvalue weighted by atomic mass is 16.5. The Morgan fingerprint density at radius 3 is 3.11 bits per heavy atom. The van der Waals surface area contributed by atoms with Gasteiger partial charge in [-0.25, -0.2) is 0 Å². The summed E-state index contributed by atoms with van der Waals surface area (Å²) in [4.78, 5) is 12.0. The van der Waals surface area contributed by atoms with Crippen molar-refractivity contribution in [2.24, 2.45) is 5.92 Å². The average Bonchev–Trinajstić information content (AvgIpc) is 2.91. The van der Waals surface area contributed by atoms with E-state index in [4.69, 9.17) is 4.74 Å². The van der Waals surface area contributed by atoms with Crippen molar-refractivity contribution in [1.29, 1.82) is 0 Å². The van der Waals surface area contributed by atoms with Gasteiger partial charge >= 0.3 is 0 Å². The van der Waals surface area contributed by atoms with Crippen LogP contribution in [0.2, 0.25) is 0 Å². The molecule has 19 heavy (non-hydrogen) atoms. The zero-order valence-corrected chi connectivity index (χ0v) is 11.0. The normalized spacial score (nSPS) is 24.6. The number of fused-ring (bicyclic) bond motifs is 1. The maximum absolute atomic E-state index is 12.0. The number of carbonyl (C=O) groups is 1. The summed E-state index contributed by atoms with van der Waals surface area (Å²) < 4.78 is 5.68. The lowest BCUT2D eigenvalue weighted by molar-refractivity contribution is -0.122. The molecule has 3 heteroatoms. The molecule has 3 rings (SSSR count). The van der Waals surface area contributed by atoms with Gasteiger partial charge in [0.2, 0.25) is 5.91 Å². The van der Waals surface area contributed by atoms with Gasteiger partial charge in [0.15, 0.2) is 0 Å².